The third-order valence-electron chi connectivity index (χ3n) is 4.80. The maximum absolute atomic E-state index is 12.8. The van der Waals surface area contributed by atoms with Crippen molar-refractivity contribution >= 4 is 16.7 Å². The van der Waals surface area contributed by atoms with Crippen molar-refractivity contribution in [2.75, 3.05) is 5.73 Å². The normalized spacial score (nSPS) is 10.8. The highest BCUT2D eigenvalue weighted by atomic mass is 16.1. The predicted octanol–water partition coefficient (Wildman–Crippen LogP) is 3.51. The van der Waals surface area contributed by atoms with Crippen molar-refractivity contribution in [3.05, 3.63) is 88.3 Å². The summed E-state index contributed by atoms with van der Waals surface area (Å²) >= 11 is 0. The number of hydrogen-bond donors (Lipinski definition) is 1. The van der Waals surface area contributed by atoms with E-state index in [4.69, 9.17) is 5.73 Å². The fraction of sp³-hybridized carbons (Fsp3) is 0.0909. The van der Waals surface area contributed by atoms with Crippen LogP contribution in [0.4, 0.5) is 5.69 Å². The minimum atomic E-state index is -0.0851. The molecule has 1 aromatic heterocycles. The van der Waals surface area contributed by atoms with Crippen molar-refractivity contribution in [3.8, 4) is 17.2 Å². The highest BCUT2D eigenvalue weighted by Crippen LogP contribution is 2.27. The zero-order valence-electron chi connectivity index (χ0n) is 14.9. The first-order valence-electron chi connectivity index (χ1n) is 8.61. The molecule has 0 aliphatic heterocycles. The Kier molecular flexibility index (Phi) is 4.02. The number of hydrogen-bond acceptors (Lipinski definition) is 3. The van der Waals surface area contributed by atoms with Crippen molar-refractivity contribution in [3.63, 3.8) is 0 Å². The highest BCUT2D eigenvalue weighted by molar-refractivity contribution is 5.84. The van der Waals surface area contributed by atoms with Crippen molar-refractivity contribution in [2.45, 2.75) is 6.54 Å². The maximum atomic E-state index is 12.8. The molecule has 27 heavy (non-hydrogen) atoms. The van der Waals surface area contributed by atoms with E-state index in [0.29, 0.717) is 17.8 Å². The van der Waals surface area contributed by atoms with Gasteiger partial charge in [0.05, 0.1) is 29.2 Å². The minimum absolute atomic E-state index is 0.0851. The van der Waals surface area contributed by atoms with Crippen LogP contribution in [0.15, 0.2) is 71.5 Å². The first-order chi connectivity index (χ1) is 13.1. The van der Waals surface area contributed by atoms with E-state index < -0.39 is 0 Å². The molecule has 5 heteroatoms. The largest absolute Gasteiger partial charge is 0.399 e. The first kappa shape index (κ1) is 16.7. The van der Waals surface area contributed by atoms with Gasteiger partial charge in [-0.1, -0.05) is 36.4 Å². The fourth-order valence-corrected chi connectivity index (χ4v) is 3.43. The lowest BCUT2D eigenvalue weighted by Gasteiger charge is -2.07. The van der Waals surface area contributed by atoms with Gasteiger partial charge in [-0.15, -0.1) is 0 Å². The van der Waals surface area contributed by atoms with Crippen LogP contribution in [-0.2, 0) is 13.6 Å². The summed E-state index contributed by atoms with van der Waals surface area (Å²) in [6.07, 6.45) is 0. The Morgan fingerprint density at radius 2 is 1.81 bits per heavy atom. The lowest BCUT2D eigenvalue weighted by molar-refractivity contribution is 0.736. The Hall–Kier alpha value is -3.78. The second-order valence-electron chi connectivity index (χ2n) is 6.53. The number of rotatable bonds is 3. The highest BCUT2D eigenvalue weighted by Gasteiger charge is 2.13. The zero-order chi connectivity index (χ0) is 19.0. The molecule has 5 nitrogen and oxygen atoms in total. The Labute approximate surface area is 156 Å². The maximum Gasteiger partial charge on any atom is 0.329 e. The molecule has 0 aliphatic carbocycles. The van der Waals surface area contributed by atoms with Gasteiger partial charge in [-0.3, -0.25) is 9.13 Å². The second kappa shape index (κ2) is 6.50. The fourth-order valence-electron chi connectivity index (χ4n) is 3.43. The van der Waals surface area contributed by atoms with Crippen LogP contribution in [0.5, 0.6) is 0 Å². The van der Waals surface area contributed by atoms with Gasteiger partial charge in [-0.2, -0.15) is 5.26 Å². The molecule has 0 amide bonds. The SMILES string of the molecule is Cn1c(=O)n(Cc2cccc(N)c2)c2ccc(-c3ccccc3C#N)cc21. The smallest absolute Gasteiger partial charge is 0.329 e. The molecule has 2 N–H and O–H groups in total. The Morgan fingerprint density at radius 3 is 2.59 bits per heavy atom. The molecule has 4 aromatic rings. The summed E-state index contributed by atoms with van der Waals surface area (Å²) in [5.41, 5.74) is 11.5. The van der Waals surface area contributed by atoms with Gasteiger partial charge in [0.2, 0.25) is 0 Å². The average Bonchev–Trinajstić information content (AvgIpc) is 2.92. The molecule has 0 radical (unpaired) electrons. The Bertz CT molecular complexity index is 1260. The third-order valence-corrected chi connectivity index (χ3v) is 4.80. The molecular formula is C22H18N4O. The topological polar surface area (TPSA) is 76.7 Å². The summed E-state index contributed by atoms with van der Waals surface area (Å²) in [6, 6.07) is 23.1. The lowest BCUT2D eigenvalue weighted by atomic mass is 10.00. The molecule has 0 saturated heterocycles. The lowest BCUT2D eigenvalue weighted by Crippen LogP contribution is -2.22. The second-order valence-corrected chi connectivity index (χ2v) is 6.53. The molecular weight excluding hydrogens is 336 g/mol. The van der Waals surface area contributed by atoms with Crippen molar-refractivity contribution in [2.24, 2.45) is 7.05 Å². The number of anilines is 1. The van der Waals surface area contributed by atoms with E-state index in [1.54, 1.807) is 22.2 Å². The molecule has 0 saturated carbocycles. The van der Waals surface area contributed by atoms with Crippen LogP contribution in [0.3, 0.4) is 0 Å². The van der Waals surface area contributed by atoms with Gasteiger partial charge in [0.15, 0.2) is 0 Å². The van der Waals surface area contributed by atoms with Crippen molar-refractivity contribution in [1.82, 2.24) is 9.13 Å². The molecule has 3 aromatic carbocycles. The van der Waals surface area contributed by atoms with E-state index >= 15 is 0 Å². The van der Waals surface area contributed by atoms with Crippen LogP contribution < -0.4 is 11.4 Å². The molecule has 4 rings (SSSR count). The molecule has 0 unspecified atom stereocenters. The Balaban J connectivity index is 1.86. The number of benzene rings is 3. The molecule has 0 bridgehead atoms. The number of nitrogens with two attached hydrogens (primary N) is 1. The number of imidazole rings is 1. The third kappa shape index (κ3) is 2.87. The van der Waals surface area contributed by atoms with Gasteiger partial charge in [-0.25, -0.2) is 4.79 Å². The van der Waals surface area contributed by atoms with Gasteiger partial charge >= 0.3 is 5.69 Å². The standard InChI is InChI=1S/C22H18N4O/c1-25-21-12-16(19-8-3-2-6-17(19)13-23)9-10-20(21)26(22(25)27)14-15-5-4-7-18(24)11-15/h2-12H,14,24H2,1H3. The van der Waals surface area contributed by atoms with E-state index in [-0.39, 0.29) is 5.69 Å². The van der Waals surface area contributed by atoms with Gasteiger partial charge in [0, 0.05) is 12.7 Å². The number of nitrogens with zero attached hydrogens (tertiary/aromatic N) is 3. The van der Waals surface area contributed by atoms with Gasteiger partial charge in [-0.05, 0) is 47.0 Å². The summed E-state index contributed by atoms with van der Waals surface area (Å²) in [4.78, 5) is 12.8. The monoisotopic (exact) mass is 354 g/mol. The molecule has 0 aliphatic rings. The first-order valence-corrected chi connectivity index (χ1v) is 8.61. The van der Waals surface area contributed by atoms with E-state index in [0.717, 1.165) is 27.7 Å². The van der Waals surface area contributed by atoms with Crippen LogP contribution in [0.2, 0.25) is 0 Å². The molecule has 1 heterocycles. The van der Waals surface area contributed by atoms with Crippen molar-refractivity contribution in [1.29, 1.82) is 5.26 Å². The van der Waals surface area contributed by atoms with Crippen LogP contribution in [-0.4, -0.2) is 9.13 Å². The number of nitrogen functional groups attached to an aromatic ring is 1. The van der Waals surface area contributed by atoms with E-state index in [1.165, 1.54) is 0 Å². The summed E-state index contributed by atoms with van der Waals surface area (Å²) in [5.74, 6) is 0. The van der Waals surface area contributed by atoms with E-state index in [1.807, 2.05) is 60.7 Å². The summed E-state index contributed by atoms with van der Waals surface area (Å²) in [5, 5.41) is 9.36. The van der Waals surface area contributed by atoms with Crippen LogP contribution in [0.1, 0.15) is 11.1 Å². The molecule has 0 fully saturated rings. The van der Waals surface area contributed by atoms with Gasteiger partial charge in [0.1, 0.15) is 0 Å². The van der Waals surface area contributed by atoms with Gasteiger partial charge < -0.3 is 5.73 Å². The number of aryl methyl sites for hydroxylation is 1. The number of fused-ring (bicyclic) bond motifs is 1. The van der Waals surface area contributed by atoms with Crippen molar-refractivity contribution < 1.29 is 0 Å². The molecule has 0 spiro atoms. The minimum Gasteiger partial charge on any atom is -0.399 e. The zero-order valence-corrected chi connectivity index (χ0v) is 14.9. The van der Waals surface area contributed by atoms with E-state index in [2.05, 4.69) is 6.07 Å². The summed E-state index contributed by atoms with van der Waals surface area (Å²) < 4.78 is 3.38. The Morgan fingerprint density at radius 1 is 1.00 bits per heavy atom. The average molecular weight is 354 g/mol. The van der Waals surface area contributed by atoms with E-state index in [9.17, 15) is 10.1 Å². The van der Waals surface area contributed by atoms with Crippen LogP contribution in [0.25, 0.3) is 22.2 Å². The molecule has 132 valence electrons. The van der Waals surface area contributed by atoms with Crippen LogP contribution in [0, 0.1) is 11.3 Å². The summed E-state index contributed by atoms with van der Waals surface area (Å²) in [7, 11) is 1.76. The summed E-state index contributed by atoms with van der Waals surface area (Å²) in [6.45, 7) is 0.454. The predicted molar refractivity (Wildman–Crippen MR) is 107 cm³/mol. The van der Waals surface area contributed by atoms with Gasteiger partial charge in [0.25, 0.3) is 0 Å². The number of nitriles is 1. The van der Waals surface area contributed by atoms with Crippen LogP contribution >= 0.6 is 0 Å². The quantitative estimate of drug-likeness (QED) is 0.572. The molecule has 0 atom stereocenters. The number of aromatic nitrogens is 2.